The summed E-state index contributed by atoms with van der Waals surface area (Å²) in [5, 5.41) is 6.55. The summed E-state index contributed by atoms with van der Waals surface area (Å²) in [7, 11) is 0. The molecule has 0 aliphatic carbocycles. The van der Waals surface area contributed by atoms with E-state index < -0.39 is 0 Å². The van der Waals surface area contributed by atoms with Crippen molar-refractivity contribution in [1.29, 1.82) is 0 Å². The smallest absolute Gasteiger partial charge is 0.185 e. The van der Waals surface area contributed by atoms with Crippen LogP contribution in [0, 0.1) is 0 Å². The molecule has 1 aromatic heterocycles. The first-order valence-electron chi connectivity index (χ1n) is 4.25. The van der Waals surface area contributed by atoms with E-state index in [4.69, 9.17) is 0 Å². The van der Waals surface area contributed by atoms with Gasteiger partial charge in [0.1, 0.15) is 0 Å². The molecular formula is C8H13N3S. The van der Waals surface area contributed by atoms with E-state index in [0.717, 1.165) is 24.8 Å². The first-order valence-corrected chi connectivity index (χ1v) is 5.13. The van der Waals surface area contributed by atoms with Crippen LogP contribution in [0.1, 0.15) is 6.92 Å². The zero-order valence-corrected chi connectivity index (χ0v) is 7.97. The van der Waals surface area contributed by atoms with E-state index in [-0.39, 0.29) is 0 Å². The molecule has 0 spiro atoms. The molecule has 1 atom stereocenters. The molecule has 0 radical (unpaired) electrons. The first kappa shape index (κ1) is 8.01. The van der Waals surface area contributed by atoms with Gasteiger partial charge in [-0.1, -0.05) is 0 Å². The monoisotopic (exact) mass is 183 g/mol. The largest absolute Gasteiger partial charge is 0.343 e. The molecule has 0 aromatic carbocycles. The molecule has 1 aromatic rings. The second-order valence-corrected chi connectivity index (χ2v) is 3.93. The standard InChI is InChI=1S/C8H13N3S/c1-7-6-9-2-4-11(7)8-10-3-5-12-8/h3,5,7,9H,2,4,6H2,1H3/t7-/m1/s1. The minimum absolute atomic E-state index is 0.574. The molecule has 1 aliphatic heterocycles. The van der Waals surface area contributed by atoms with E-state index in [1.54, 1.807) is 11.3 Å². The summed E-state index contributed by atoms with van der Waals surface area (Å²) in [4.78, 5) is 6.67. The fraction of sp³-hybridized carbons (Fsp3) is 0.625. The van der Waals surface area contributed by atoms with E-state index in [1.807, 2.05) is 11.6 Å². The number of hydrogen-bond acceptors (Lipinski definition) is 4. The highest BCUT2D eigenvalue weighted by molar-refractivity contribution is 7.13. The molecule has 1 aliphatic rings. The van der Waals surface area contributed by atoms with Crippen LogP contribution in [0.2, 0.25) is 0 Å². The van der Waals surface area contributed by atoms with E-state index in [1.165, 1.54) is 0 Å². The molecule has 0 unspecified atom stereocenters. The molecule has 1 fully saturated rings. The van der Waals surface area contributed by atoms with E-state index in [0.29, 0.717) is 6.04 Å². The molecule has 2 rings (SSSR count). The van der Waals surface area contributed by atoms with Gasteiger partial charge in [0.2, 0.25) is 0 Å². The Morgan fingerprint density at radius 1 is 1.75 bits per heavy atom. The molecular weight excluding hydrogens is 170 g/mol. The average Bonchev–Trinajstić information content (AvgIpc) is 2.57. The molecule has 3 nitrogen and oxygen atoms in total. The Balaban J connectivity index is 2.11. The Bertz CT molecular complexity index is 234. The van der Waals surface area contributed by atoms with Crippen molar-refractivity contribution in [3.05, 3.63) is 11.6 Å². The third kappa shape index (κ3) is 1.44. The number of nitrogens with zero attached hydrogens (tertiary/aromatic N) is 2. The SMILES string of the molecule is C[C@@H]1CNCCN1c1nccs1. The molecule has 0 amide bonds. The van der Waals surface area contributed by atoms with E-state index in [2.05, 4.69) is 22.1 Å². The van der Waals surface area contributed by atoms with Crippen molar-refractivity contribution in [3.8, 4) is 0 Å². The average molecular weight is 183 g/mol. The summed E-state index contributed by atoms with van der Waals surface area (Å²) < 4.78 is 0. The number of aromatic nitrogens is 1. The Kier molecular flexibility index (Phi) is 2.28. The molecule has 0 bridgehead atoms. The molecule has 1 N–H and O–H groups in total. The molecule has 0 saturated carbocycles. The van der Waals surface area contributed by atoms with Gasteiger partial charge in [-0.25, -0.2) is 4.98 Å². The maximum absolute atomic E-state index is 4.31. The molecule has 2 heterocycles. The summed E-state index contributed by atoms with van der Waals surface area (Å²) in [6.07, 6.45) is 1.87. The van der Waals surface area contributed by atoms with Gasteiger partial charge in [0.25, 0.3) is 0 Å². The summed E-state index contributed by atoms with van der Waals surface area (Å²) in [5.41, 5.74) is 0. The molecule has 1 saturated heterocycles. The fourth-order valence-corrected chi connectivity index (χ4v) is 2.25. The van der Waals surface area contributed by atoms with Crippen LogP contribution in [0.25, 0.3) is 0 Å². The van der Waals surface area contributed by atoms with Crippen LogP contribution in [0.4, 0.5) is 5.13 Å². The van der Waals surface area contributed by atoms with Gasteiger partial charge in [-0.15, -0.1) is 11.3 Å². The van der Waals surface area contributed by atoms with Crippen LogP contribution in [0.3, 0.4) is 0 Å². The van der Waals surface area contributed by atoms with Crippen molar-refractivity contribution in [2.24, 2.45) is 0 Å². The van der Waals surface area contributed by atoms with Crippen LogP contribution in [0.15, 0.2) is 11.6 Å². The zero-order chi connectivity index (χ0) is 8.39. The number of piperazine rings is 1. The summed E-state index contributed by atoms with van der Waals surface area (Å²) >= 11 is 1.72. The fourth-order valence-electron chi connectivity index (χ4n) is 1.48. The summed E-state index contributed by atoms with van der Waals surface area (Å²) in [6, 6.07) is 0.574. The van der Waals surface area contributed by atoms with Gasteiger partial charge < -0.3 is 10.2 Å². The van der Waals surface area contributed by atoms with Crippen molar-refractivity contribution in [1.82, 2.24) is 10.3 Å². The van der Waals surface area contributed by atoms with Crippen LogP contribution in [0.5, 0.6) is 0 Å². The van der Waals surface area contributed by atoms with Crippen molar-refractivity contribution < 1.29 is 0 Å². The number of hydrogen-bond donors (Lipinski definition) is 1. The normalized spacial score (nSPS) is 24.4. The topological polar surface area (TPSA) is 28.2 Å². The second-order valence-electron chi connectivity index (χ2n) is 3.06. The minimum atomic E-state index is 0.574. The lowest BCUT2D eigenvalue weighted by molar-refractivity contribution is 0.500. The van der Waals surface area contributed by atoms with Gasteiger partial charge in [-0.3, -0.25) is 0 Å². The minimum Gasteiger partial charge on any atom is -0.343 e. The Morgan fingerprint density at radius 2 is 2.67 bits per heavy atom. The molecule has 12 heavy (non-hydrogen) atoms. The Labute approximate surface area is 76.4 Å². The lowest BCUT2D eigenvalue weighted by Gasteiger charge is -2.33. The van der Waals surface area contributed by atoms with Crippen LogP contribution < -0.4 is 10.2 Å². The van der Waals surface area contributed by atoms with Crippen molar-refractivity contribution >= 4 is 16.5 Å². The van der Waals surface area contributed by atoms with Crippen molar-refractivity contribution in [2.75, 3.05) is 24.5 Å². The maximum atomic E-state index is 4.31. The van der Waals surface area contributed by atoms with Crippen LogP contribution in [-0.4, -0.2) is 30.7 Å². The van der Waals surface area contributed by atoms with Gasteiger partial charge in [-0.2, -0.15) is 0 Å². The second kappa shape index (κ2) is 3.41. The van der Waals surface area contributed by atoms with Gasteiger partial charge in [-0.05, 0) is 6.92 Å². The van der Waals surface area contributed by atoms with Crippen LogP contribution >= 0.6 is 11.3 Å². The molecule has 66 valence electrons. The lowest BCUT2D eigenvalue weighted by Crippen LogP contribution is -2.49. The zero-order valence-electron chi connectivity index (χ0n) is 7.16. The molecule has 4 heteroatoms. The van der Waals surface area contributed by atoms with Gasteiger partial charge >= 0.3 is 0 Å². The Hall–Kier alpha value is -0.610. The van der Waals surface area contributed by atoms with Gasteiger partial charge in [0, 0.05) is 37.3 Å². The van der Waals surface area contributed by atoms with E-state index >= 15 is 0 Å². The predicted molar refractivity (Wildman–Crippen MR) is 51.8 cm³/mol. The predicted octanol–water partition coefficient (Wildman–Crippen LogP) is 0.941. The first-order chi connectivity index (χ1) is 5.88. The number of rotatable bonds is 1. The van der Waals surface area contributed by atoms with E-state index in [9.17, 15) is 0 Å². The van der Waals surface area contributed by atoms with Crippen molar-refractivity contribution in [2.45, 2.75) is 13.0 Å². The number of nitrogens with one attached hydrogen (secondary N) is 1. The lowest BCUT2D eigenvalue weighted by atomic mass is 10.2. The van der Waals surface area contributed by atoms with Crippen LogP contribution in [-0.2, 0) is 0 Å². The quantitative estimate of drug-likeness (QED) is 0.702. The van der Waals surface area contributed by atoms with Gasteiger partial charge in [0.15, 0.2) is 5.13 Å². The highest BCUT2D eigenvalue weighted by Gasteiger charge is 2.19. The summed E-state index contributed by atoms with van der Waals surface area (Å²) in [6.45, 7) is 5.45. The highest BCUT2D eigenvalue weighted by Crippen LogP contribution is 2.20. The Morgan fingerprint density at radius 3 is 3.33 bits per heavy atom. The third-order valence-corrected chi connectivity index (χ3v) is 2.97. The maximum Gasteiger partial charge on any atom is 0.185 e. The third-order valence-electron chi connectivity index (χ3n) is 2.17. The summed E-state index contributed by atoms with van der Waals surface area (Å²) in [5.74, 6) is 0. The number of anilines is 1. The number of thiazole rings is 1. The van der Waals surface area contributed by atoms with Gasteiger partial charge in [0.05, 0.1) is 0 Å². The van der Waals surface area contributed by atoms with Crippen molar-refractivity contribution in [3.63, 3.8) is 0 Å². The highest BCUT2D eigenvalue weighted by atomic mass is 32.1.